The topological polar surface area (TPSA) is 60.2 Å². The van der Waals surface area contributed by atoms with Gasteiger partial charge in [-0.3, -0.25) is 9.67 Å². The molecule has 1 N–H and O–H groups in total. The Morgan fingerprint density at radius 3 is 2.55 bits per heavy atom. The predicted octanol–water partition coefficient (Wildman–Crippen LogP) is 2.26. The van der Waals surface area contributed by atoms with Crippen molar-refractivity contribution in [3.05, 3.63) is 41.5 Å². The number of rotatable bonds is 4. The van der Waals surface area contributed by atoms with Gasteiger partial charge in [-0.1, -0.05) is 0 Å². The lowest BCUT2D eigenvalue weighted by Gasteiger charge is -2.30. The van der Waals surface area contributed by atoms with Crippen LogP contribution in [0.1, 0.15) is 36.7 Å². The van der Waals surface area contributed by atoms with Crippen LogP contribution in [0.2, 0.25) is 0 Å². The van der Waals surface area contributed by atoms with Crippen molar-refractivity contribution in [1.82, 2.24) is 14.8 Å². The maximum atomic E-state index is 10.5. The highest BCUT2D eigenvalue weighted by Crippen LogP contribution is 2.34. The molecule has 2 heterocycles. The van der Waals surface area contributed by atoms with Gasteiger partial charge in [0.25, 0.3) is 0 Å². The molecule has 1 atom stereocenters. The van der Waals surface area contributed by atoms with Gasteiger partial charge in [-0.15, -0.1) is 0 Å². The number of aliphatic hydroxyl groups is 1. The van der Waals surface area contributed by atoms with Crippen molar-refractivity contribution < 1.29 is 9.84 Å². The summed E-state index contributed by atoms with van der Waals surface area (Å²) in [6.07, 6.45) is 5.29. The van der Waals surface area contributed by atoms with Gasteiger partial charge in [0, 0.05) is 29.7 Å². The lowest BCUT2D eigenvalue weighted by atomic mass is 9.92. The number of methoxy groups -OCH3 is 1. The summed E-state index contributed by atoms with van der Waals surface area (Å²) in [5.41, 5.74) is 1.67. The molecule has 2 aromatic heterocycles. The summed E-state index contributed by atoms with van der Waals surface area (Å²) in [6.45, 7) is 7.42. The molecule has 5 nitrogen and oxygen atoms in total. The van der Waals surface area contributed by atoms with Crippen LogP contribution in [-0.2, 0) is 0 Å². The molecule has 108 valence electrons. The molecule has 0 aliphatic heterocycles. The van der Waals surface area contributed by atoms with Crippen LogP contribution in [0.15, 0.2) is 24.7 Å². The standard InChI is InChI=1S/C15H21N3O2/c1-10-9-16-12(11(2)13(10)20-5)14(15(3,4)19)18-8-6-7-17-18/h6-9,14,19H,1-5H3/t14-/m1/s1. The summed E-state index contributed by atoms with van der Waals surface area (Å²) < 4.78 is 7.17. The van der Waals surface area contributed by atoms with Gasteiger partial charge in [-0.25, -0.2) is 0 Å². The fraction of sp³-hybridized carbons (Fsp3) is 0.467. The van der Waals surface area contributed by atoms with Crippen molar-refractivity contribution in [2.75, 3.05) is 7.11 Å². The fourth-order valence-corrected chi connectivity index (χ4v) is 2.54. The zero-order chi connectivity index (χ0) is 14.9. The highest BCUT2D eigenvalue weighted by molar-refractivity contribution is 5.42. The van der Waals surface area contributed by atoms with Crippen molar-refractivity contribution in [2.24, 2.45) is 0 Å². The number of hydrogen-bond acceptors (Lipinski definition) is 4. The van der Waals surface area contributed by atoms with E-state index < -0.39 is 5.60 Å². The first-order chi connectivity index (χ1) is 9.36. The SMILES string of the molecule is COc1c(C)cnc([C@@H](n2cccn2)C(C)(C)O)c1C. The van der Waals surface area contributed by atoms with E-state index in [2.05, 4.69) is 10.1 Å². The average Bonchev–Trinajstić information content (AvgIpc) is 2.85. The van der Waals surface area contributed by atoms with Crippen LogP contribution in [0.5, 0.6) is 5.75 Å². The zero-order valence-electron chi connectivity index (χ0n) is 12.6. The van der Waals surface area contributed by atoms with E-state index in [0.29, 0.717) is 0 Å². The minimum Gasteiger partial charge on any atom is -0.496 e. The number of hydrogen-bond donors (Lipinski definition) is 1. The third-order valence-electron chi connectivity index (χ3n) is 3.40. The first-order valence-corrected chi connectivity index (χ1v) is 6.58. The molecule has 0 radical (unpaired) electrons. The maximum absolute atomic E-state index is 10.5. The molecule has 2 rings (SSSR count). The van der Waals surface area contributed by atoms with Crippen molar-refractivity contribution >= 4 is 0 Å². The number of aromatic nitrogens is 3. The summed E-state index contributed by atoms with van der Waals surface area (Å²) in [5.74, 6) is 0.802. The third-order valence-corrected chi connectivity index (χ3v) is 3.40. The Kier molecular flexibility index (Phi) is 3.81. The Hall–Kier alpha value is -1.88. The number of ether oxygens (including phenoxy) is 1. The fourth-order valence-electron chi connectivity index (χ4n) is 2.54. The van der Waals surface area contributed by atoms with Crippen LogP contribution in [-0.4, -0.2) is 32.6 Å². The molecule has 0 saturated heterocycles. The van der Waals surface area contributed by atoms with Gasteiger partial charge in [0.1, 0.15) is 11.8 Å². The lowest BCUT2D eigenvalue weighted by Crippen LogP contribution is -2.35. The highest BCUT2D eigenvalue weighted by atomic mass is 16.5. The Labute approximate surface area is 119 Å². The summed E-state index contributed by atoms with van der Waals surface area (Å²) in [6, 6.07) is 1.46. The number of pyridine rings is 1. The third kappa shape index (κ3) is 2.54. The van der Waals surface area contributed by atoms with Gasteiger partial charge in [-0.2, -0.15) is 5.10 Å². The van der Waals surface area contributed by atoms with E-state index in [9.17, 15) is 5.11 Å². The Morgan fingerprint density at radius 1 is 1.35 bits per heavy atom. The molecule has 0 aliphatic rings. The molecule has 2 aromatic rings. The van der Waals surface area contributed by atoms with Gasteiger partial charge >= 0.3 is 0 Å². The first kappa shape index (κ1) is 14.5. The van der Waals surface area contributed by atoms with E-state index in [4.69, 9.17) is 4.74 Å². The van der Waals surface area contributed by atoms with Gasteiger partial charge in [0.05, 0.1) is 18.4 Å². The normalized spacial score (nSPS) is 13.3. The van der Waals surface area contributed by atoms with E-state index in [-0.39, 0.29) is 6.04 Å². The monoisotopic (exact) mass is 275 g/mol. The Balaban J connectivity index is 2.62. The Morgan fingerprint density at radius 2 is 2.05 bits per heavy atom. The molecular weight excluding hydrogens is 254 g/mol. The molecule has 0 fully saturated rings. The summed E-state index contributed by atoms with van der Waals surface area (Å²) >= 11 is 0. The predicted molar refractivity (Wildman–Crippen MR) is 76.9 cm³/mol. The van der Waals surface area contributed by atoms with Gasteiger partial charge in [0.2, 0.25) is 0 Å². The van der Waals surface area contributed by atoms with Crippen molar-refractivity contribution in [3.63, 3.8) is 0 Å². The van der Waals surface area contributed by atoms with Crippen molar-refractivity contribution in [3.8, 4) is 5.75 Å². The largest absolute Gasteiger partial charge is 0.496 e. The molecule has 0 aromatic carbocycles. The van der Waals surface area contributed by atoms with Crippen LogP contribution < -0.4 is 4.74 Å². The second-order valence-corrected chi connectivity index (χ2v) is 5.53. The van der Waals surface area contributed by atoms with E-state index in [1.54, 1.807) is 38.0 Å². The van der Waals surface area contributed by atoms with E-state index in [1.165, 1.54) is 0 Å². The average molecular weight is 275 g/mol. The van der Waals surface area contributed by atoms with Crippen LogP contribution in [0.25, 0.3) is 0 Å². The smallest absolute Gasteiger partial charge is 0.128 e. The molecule has 0 aliphatic carbocycles. The maximum Gasteiger partial charge on any atom is 0.128 e. The molecule has 0 unspecified atom stereocenters. The lowest BCUT2D eigenvalue weighted by molar-refractivity contribution is 0.0326. The summed E-state index contributed by atoms with van der Waals surface area (Å²) in [5, 5.41) is 14.8. The molecular formula is C15H21N3O2. The summed E-state index contributed by atoms with van der Waals surface area (Å²) in [4.78, 5) is 4.51. The quantitative estimate of drug-likeness (QED) is 0.930. The Bertz CT molecular complexity index is 586. The number of aryl methyl sites for hydroxylation is 1. The number of nitrogens with zero attached hydrogens (tertiary/aromatic N) is 3. The second-order valence-electron chi connectivity index (χ2n) is 5.53. The zero-order valence-corrected chi connectivity index (χ0v) is 12.6. The molecule has 0 amide bonds. The second kappa shape index (κ2) is 5.25. The minimum absolute atomic E-state index is 0.369. The highest BCUT2D eigenvalue weighted by Gasteiger charge is 2.33. The van der Waals surface area contributed by atoms with Gasteiger partial charge in [0.15, 0.2) is 0 Å². The van der Waals surface area contributed by atoms with Crippen LogP contribution in [0.3, 0.4) is 0 Å². The van der Waals surface area contributed by atoms with Crippen LogP contribution in [0.4, 0.5) is 0 Å². The molecule has 20 heavy (non-hydrogen) atoms. The van der Waals surface area contributed by atoms with Crippen LogP contribution >= 0.6 is 0 Å². The summed E-state index contributed by atoms with van der Waals surface area (Å²) in [7, 11) is 1.64. The molecule has 0 spiro atoms. The van der Waals surface area contributed by atoms with E-state index in [0.717, 1.165) is 22.6 Å². The van der Waals surface area contributed by atoms with Crippen LogP contribution in [0, 0.1) is 13.8 Å². The molecule has 0 saturated carbocycles. The van der Waals surface area contributed by atoms with E-state index >= 15 is 0 Å². The van der Waals surface area contributed by atoms with Crippen molar-refractivity contribution in [1.29, 1.82) is 0 Å². The first-order valence-electron chi connectivity index (χ1n) is 6.58. The van der Waals surface area contributed by atoms with E-state index in [1.807, 2.05) is 26.1 Å². The molecule has 5 heteroatoms. The van der Waals surface area contributed by atoms with Gasteiger partial charge in [-0.05, 0) is 33.8 Å². The minimum atomic E-state index is -0.996. The van der Waals surface area contributed by atoms with Crippen molar-refractivity contribution in [2.45, 2.75) is 39.3 Å². The molecule has 0 bridgehead atoms. The van der Waals surface area contributed by atoms with Gasteiger partial charge < -0.3 is 9.84 Å².